The van der Waals surface area contributed by atoms with E-state index in [1.165, 1.54) is 6.07 Å². The van der Waals surface area contributed by atoms with Crippen LogP contribution in [0.5, 0.6) is 0 Å². The second-order valence-electron chi connectivity index (χ2n) is 7.82. The molecule has 1 aliphatic rings. The van der Waals surface area contributed by atoms with Gasteiger partial charge in [0.05, 0.1) is 28.5 Å². The zero-order valence-corrected chi connectivity index (χ0v) is 16.0. The first kappa shape index (κ1) is 17.0. The summed E-state index contributed by atoms with van der Waals surface area (Å²) in [7, 11) is 1.83. The van der Waals surface area contributed by atoms with Gasteiger partial charge in [-0.05, 0) is 30.2 Å². The second kappa shape index (κ2) is 5.92. The molecule has 4 aromatic rings. The highest BCUT2D eigenvalue weighted by molar-refractivity contribution is 5.97. The van der Waals surface area contributed by atoms with Crippen molar-refractivity contribution in [2.24, 2.45) is 13.0 Å². The van der Waals surface area contributed by atoms with Gasteiger partial charge in [-0.3, -0.25) is 4.79 Å². The largest absolute Gasteiger partial charge is 0.381 e. The number of aryl methyl sites for hydroxylation is 1. The van der Waals surface area contributed by atoms with E-state index in [-0.39, 0.29) is 6.04 Å². The van der Waals surface area contributed by atoms with Crippen LogP contribution in [0.25, 0.3) is 33.5 Å². The number of benzene rings is 2. The van der Waals surface area contributed by atoms with Crippen LogP contribution in [-0.4, -0.2) is 26.9 Å². The third kappa shape index (κ3) is 2.24. The van der Waals surface area contributed by atoms with Crippen molar-refractivity contribution in [3.63, 3.8) is 0 Å². The third-order valence-electron chi connectivity index (χ3n) is 5.77. The Morgan fingerprint density at radius 1 is 1.25 bits per heavy atom. The SMILES string of the molecule is CC(C)[C@H]1CNc2cccc3cc(-c4nc5cc(C=O)cc(F)c5n4C)n1c23. The first-order chi connectivity index (χ1) is 13.5. The maximum Gasteiger partial charge on any atom is 0.157 e. The number of halogens is 1. The number of nitrogens with one attached hydrogen (secondary N) is 1. The zero-order valence-electron chi connectivity index (χ0n) is 16.0. The minimum Gasteiger partial charge on any atom is -0.381 e. The van der Waals surface area contributed by atoms with Crippen molar-refractivity contribution in [2.45, 2.75) is 19.9 Å². The molecule has 2 aromatic heterocycles. The Labute approximate surface area is 161 Å². The molecule has 0 unspecified atom stereocenters. The smallest absolute Gasteiger partial charge is 0.157 e. The highest BCUT2D eigenvalue weighted by Crippen LogP contribution is 2.40. The fourth-order valence-corrected chi connectivity index (χ4v) is 4.40. The van der Waals surface area contributed by atoms with Gasteiger partial charge in [0.1, 0.15) is 17.6 Å². The summed E-state index contributed by atoms with van der Waals surface area (Å²) in [6.07, 6.45) is 0.652. The molecule has 1 aliphatic heterocycles. The molecule has 0 bridgehead atoms. The van der Waals surface area contributed by atoms with Gasteiger partial charge >= 0.3 is 0 Å². The summed E-state index contributed by atoms with van der Waals surface area (Å²) in [6, 6.07) is 11.5. The summed E-state index contributed by atoms with van der Waals surface area (Å²) in [6.45, 7) is 5.25. The quantitative estimate of drug-likeness (QED) is 0.524. The number of carbonyl (C=O) groups excluding carboxylic acids is 1. The average molecular weight is 376 g/mol. The van der Waals surface area contributed by atoms with Crippen molar-refractivity contribution in [2.75, 3.05) is 11.9 Å². The van der Waals surface area contributed by atoms with Gasteiger partial charge in [0.2, 0.25) is 0 Å². The van der Waals surface area contributed by atoms with Crippen LogP contribution in [0.4, 0.5) is 10.1 Å². The van der Waals surface area contributed by atoms with Gasteiger partial charge < -0.3 is 14.5 Å². The number of fused-ring (bicyclic) bond motifs is 1. The highest BCUT2D eigenvalue weighted by atomic mass is 19.1. The van der Waals surface area contributed by atoms with Crippen molar-refractivity contribution in [3.05, 3.63) is 47.8 Å². The molecule has 1 N–H and O–H groups in total. The molecule has 6 heteroatoms. The molecule has 0 fully saturated rings. The topological polar surface area (TPSA) is 51.9 Å². The fraction of sp³-hybridized carbons (Fsp3) is 0.273. The predicted molar refractivity (Wildman–Crippen MR) is 109 cm³/mol. The van der Waals surface area contributed by atoms with E-state index in [0.717, 1.165) is 28.8 Å². The van der Waals surface area contributed by atoms with Crippen LogP contribution < -0.4 is 5.32 Å². The van der Waals surface area contributed by atoms with Gasteiger partial charge in [-0.2, -0.15) is 0 Å². The predicted octanol–water partition coefficient (Wildman–Crippen LogP) is 4.77. The molecule has 0 spiro atoms. The van der Waals surface area contributed by atoms with Gasteiger partial charge in [0.25, 0.3) is 0 Å². The molecule has 142 valence electrons. The minimum absolute atomic E-state index is 0.262. The van der Waals surface area contributed by atoms with Crippen LogP contribution in [0.15, 0.2) is 36.4 Å². The second-order valence-corrected chi connectivity index (χ2v) is 7.82. The van der Waals surface area contributed by atoms with E-state index >= 15 is 0 Å². The number of anilines is 1. The molecule has 0 amide bonds. The Kier molecular flexibility index (Phi) is 3.59. The third-order valence-corrected chi connectivity index (χ3v) is 5.77. The van der Waals surface area contributed by atoms with E-state index in [0.29, 0.717) is 34.6 Å². The number of carbonyl (C=O) groups is 1. The Hall–Kier alpha value is -3.15. The molecule has 5 rings (SSSR count). The van der Waals surface area contributed by atoms with Crippen molar-refractivity contribution >= 4 is 33.9 Å². The summed E-state index contributed by atoms with van der Waals surface area (Å²) >= 11 is 0. The number of nitrogens with zero attached hydrogens (tertiary/aromatic N) is 3. The Morgan fingerprint density at radius 3 is 2.82 bits per heavy atom. The van der Waals surface area contributed by atoms with Crippen molar-refractivity contribution in [3.8, 4) is 11.5 Å². The number of para-hydroxylation sites is 1. The molecule has 0 saturated carbocycles. The molecule has 0 aliphatic carbocycles. The summed E-state index contributed by atoms with van der Waals surface area (Å²) in [5, 5.41) is 4.67. The maximum atomic E-state index is 14.7. The molecule has 3 heterocycles. The Balaban J connectivity index is 1.85. The molecular formula is C22H21FN4O. The van der Waals surface area contributed by atoms with Gasteiger partial charge in [0.15, 0.2) is 5.82 Å². The zero-order chi connectivity index (χ0) is 19.6. The van der Waals surface area contributed by atoms with Crippen LogP contribution in [0.3, 0.4) is 0 Å². The highest BCUT2D eigenvalue weighted by Gasteiger charge is 2.28. The van der Waals surface area contributed by atoms with Crippen molar-refractivity contribution in [1.29, 1.82) is 0 Å². The molecule has 28 heavy (non-hydrogen) atoms. The number of imidazole rings is 1. The Bertz CT molecular complexity index is 1250. The number of aldehydes is 1. The summed E-state index contributed by atoms with van der Waals surface area (Å²) in [4.78, 5) is 15.9. The van der Waals surface area contributed by atoms with Crippen LogP contribution in [-0.2, 0) is 7.05 Å². The van der Waals surface area contributed by atoms with Gasteiger partial charge in [0, 0.05) is 24.5 Å². The number of aromatic nitrogens is 3. The lowest BCUT2D eigenvalue weighted by atomic mass is 10.0. The number of hydrogen-bond acceptors (Lipinski definition) is 3. The number of rotatable bonds is 3. The molecular weight excluding hydrogens is 355 g/mol. The van der Waals surface area contributed by atoms with E-state index in [9.17, 15) is 9.18 Å². The molecule has 2 aromatic carbocycles. The van der Waals surface area contributed by atoms with Gasteiger partial charge in [-0.1, -0.05) is 26.0 Å². The lowest BCUT2D eigenvalue weighted by Gasteiger charge is -2.31. The van der Waals surface area contributed by atoms with E-state index in [1.807, 2.05) is 13.1 Å². The van der Waals surface area contributed by atoms with E-state index in [2.05, 4.69) is 41.9 Å². The lowest BCUT2D eigenvalue weighted by molar-refractivity contribution is 0.112. The monoisotopic (exact) mass is 376 g/mol. The van der Waals surface area contributed by atoms with E-state index in [1.54, 1.807) is 10.6 Å². The summed E-state index contributed by atoms with van der Waals surface area (Å²) in [5.41, 5.74) is 4.43. The van der Waals surface area contributed by atoms with Gasteiger partial charge in [-0.15, -0.1) is 0 Å². The maximum absolute atomic E-state index is 14.7. The van der Waals surface area contributed by atoms with Crippen molar-refractivity contribution < 1.29 is 9.18 Å². The van der Waals surface area contributed by atoms with Crippen LogP contribution in [0.2, 0.25) is 0 Å². The molecule has 1 atom stereocenters. The standard InChI is InChI=1S/C22H21FN4O/c1-12(2)19-10-24-16-6-4-5-14-9-18(27(19)20(14)16)22-25-17-8-13(11-28)7-15(23)21(17)26(22)3/h4-9,11-12,19,24H,10H2,1-3H3/t19-/m1/s1. The fourth-order valence-electron chi connectivity index (χ4n) is 4.40. The first-order valence-corrected chi connectivity index (χ1v) is 9.49. The normalized spacial score (nSPS) is 16.1. The number of hydrogen-bond donors (Lipinski definition) is 1. The van der Waals surface area contributed by atoms with Crippen LogP contribution in [0, 0.1) is 11.7 Å². The van der Waals surface area contributed by atoms with Crippen molar-refractivity contribution in [1.82, 2.24) is 14.1 Å². The molecule has 0 saturated heterocycles. The van der Waals surface area contributed by atoms with E-state index in [4.69, 9.17) is 4.98 Å². The average Bonchev–Trinajstić information content (AvgIpc) is 3.21. The Morgan fingerprint density at radius 2 is 2.07 bits per heavy atom. The summed E-state index contributed by atoms with van der Waals surface area (Å²) in [5.74, 6) is 0.688. The van der Waals surface area contributed by atoms with E-state index < -0.39 is 5.82 Å². The molecule has 0 radical (unpaired) electrons. The van der Waals surface area contributed by atoms with Crippen LogP contribution >= 0.6 is 0 Å². The first-order valence-electron chi connectivity index (χ1n) is 9.49. The summed E-state index contributed by atoms with van der Waals surface area (Å²) < 4.78 is 18.8. The molecule has 5 nitrogen and oxygen atoms in total. The minimum atomic E-state index is -0.432. The van der Waals surface area contributed by atoms with Gasteiger partial charge in [-0.25, -0.2) is 9.37 Å². The van der Waals surface area contributed by atoms with Crippen LogP contribution in [0.1, 0.15) is 30.2 Å². The lowest BCUT2D eigenvalue weighted by Crippen LogP contribution is -2.28.